The monoisotopic (exact) mass is 457 g/mol. The van der Waals surface area contributed by atoms with Gasteiger partial charge in [-0.25, -0.2) is 17.6 Å². The van der Waals surface area contributed by atoms with Crippen molar-refractivity contribution in [2.45, 2.75) is 45.1 Å². The van der Waals surface area contributed by atoms with Crippen LogP contribution in [-0.4, -0.2) is 13.1 Å². The minimum atomic E-state index is -5.44. The Labute approximate surface area is 172 Å². The molecule has 0 heterocycles. The highest BCUT2D eigenvalue weighted by molar-refractivity contribution is 6.47. The summed E-state index contributed by atoms with van der Waals surface area (Å²) in [5.74, 6) is -9.43. The highest BCUT2D eigenvalue weighted by Crippen LogP contribution is 2.39. The summed E-state index contributed by atoms with van der Waals surface area (Å²) in [6.45, 7) is 5.13. The standard InChI is InChI=1S/C19H15BF9O2/c1-4-17(2,3)31-20-9-5-11(21)16(12(22)6-9)19(28,29)30-10-7-13(23)15(14(24)8-10)18(25,26)27/h5-8H,4H2,1-3H3. The van der Waals surface area contributed by atoms with Gasteiger partial charge in [0.25, 0.3) is 0 Å². The van der Waals surface area contributed by atoms with Crippen molar-refractivity contribution in [2.75, 3.05) is 0 Å². The summed E-state index contributed by atoms with van der Waals surface area (Å²) in [4.78, 5) is 0. The second kappa shape index (κ2) is 8.64. The fraction of sp³-hybridized carbons (Fsp3) is 0.368. The predicted molar refractivity (Wildman–Crippen MR) is 93.1 cm³/mol. The molecule has 1 radical (unpaired) electrons. The molecular weight excluding hydrogens is 442 g/mol. The van der Waals surface area contributed by atoms with Gasteiger partial charge in [0.2, 0.25) is 0 Å². The molecule has 0 bridgehead atoms. The van der Waals surface area contributed by atoms with Crippen LogP contribution in [0.3, 0.4) is 0 Å². The van der Waals surface area contributed by atoms with E-state index in [1.54, 1.807) is 20.8 Å². The summed E-state index contributed by atoms with van der Waals surface area (Å²) < 4.78 is 131. The molecule has 2 aromatic rings. The molecule has 0 atom stereocenters. The summed E-state index contributed by atoms with van der Waals surface area (Å²) in [6, 6.07) is 0.682. The van der Waals surface area contributed by atoms with Crippen LogP contribution in [0.1, 0.15) is 38.3 Å². The lowest BCUT2D eigenvalue weighted by Crippen LogP contribution is -2.32. The molecule has 0 aromatic heterocycles. The number of hydrogen-bond donors (Lipinski definition) is 0. The first kappa shape index (κ1) is 24.9. The van der Waals surface area contributed by atoms with Crippen molar-refractivity contribution in [3.63, 3.8) is 0 Å². The van der Waals surface area contributed by atoms with Crippen LogP contribution in [0, 0.1) is 23.3 Å². The fourth-order valence-corrected chi connectivity index (χ4v) is 2.33. The van der Waals surface area contributed by atoms with Gasteiger partial charge in [0, 0.05) is 17.7 Å². The largest absolute Gasteiger partial charge is 0.432 e. The molecule has 2 nitrogen and oxygen atoms in total. The van der Waals surface area contributed by atoms with Gasteiger partial charge < -0.3 is 9.39 Å². The van der Waals surface area contributed by atoms with Crippen LogP contribution in [-0.2, 0) is 16.9 Å². The number of halogens is 9. The summed E-state index contributed by atoms with van der Waals surface area (Å²) >= 11 is 0. The van der Waals surface area contributed by atoms with Gasteiger partial charge in [-0.3, -0.25) is 0 Å². The van der Waals surface area contributed by atoms with E-state index in [1.807, 2.05) is 0 Å². The molecule has 0 aliphatic heterocycles. The van der Waals surface area contributed by atoms with Crippen LogP contribution in [0.2, 0.25) is 0 Å². The number of alkyl halides is 5. The Balaban J connectivity index is 2.34. The zero-order valence-electron chi connectivity index (χ0n) is 16.3. The minimum absolute atomic E-state index is 0.168. The number of hydrogen-bond acceptors (Lipinski definition) is 2. The van der Waals surface area contributed by atoms with Gasteiger partial charge in [-0.15, -0.1) is 0 Å². The maximum absolute atomic E-state index is 14.3. The molecule has 0 N–H and O–H groups in total. The maximum atomic E-state index is 14.3. The highest BCUT2D eigenvalue weighted by Gasteiger charge is 2.43. The molecule has 0 saturated heterocycles. The third-order valence-electron chi connectivity index (χ3n) is 4.27. The first-order valence-corrected chi connectivity index (χ1v) is 8.71. The van der Waals surface area contributed by atoms with Crippen molar-refractivity contribution >= 4 is 12.9 Å². The lowest BCUT2D eigenvalue weighted by atomic mass is 9.85. The van der Waals surface area contributed by atoms with E-state index in [0.29, 0.717) is 18.6 Å². The second-order valence-corrected chi connectivity index (χ2v) is 7.09. The van der Waals surface area contributed by atoms with E-state index < -0.39 is 58.0 Å². The molecule has 0 fully saturated rings. The molecule has 2 rings (SSSR count). The predicted octanol–water partition coefficient (Wildman–Crippen LogP) is 5.84. The molecule has 0 aliphatic carbocycles. The Bertz CT molecular complexity index is 912. The first-order valence-electron chi connectivity index (χ1n) is 8.71. The van der Waals surface area contributed by atoms with Crippen LogP contribution in [0.25, 0.3) is 0 Å². The number of ether oxygens (including phenoxy) is 1. The van der Waals surface area contributed by atoms with E-state index in [1.165, 1.54) is 0 Å². The normalized spacial score (nSPS) is 12.8. The summed E-state index contributed by atoms with van der Waals surface area (Å²) in [7, 11) is 0.957. The Kier molecular flexibility index (Phi) is 6.94. The third-order valence-corrected chi connectivity index (χ3v) is 4.27. The number of benzene rings is 2. The van der Waals surface area contributed by atoms with Crippen molar-refractivity contribution in [1.29, 1.82) is 0 Å². The average molecular weight is 457 g/mol. The molecule has 0 spiro atoms. The lowest BCUT2D eigenvalue weighted by Gasteiger charge is -2.24. The van der Waals surface area contributed by atoms with E-state index in [-0.39, 0.29) is 17.6 Å². The van der Waals surface area contributed by atoms with Gasteiger partial charge >= 0.3 is 19.8 Å². The van der Waals surface area contributed by atoms with Crippen molar-refractivity contribution in [1.82, 2.24) is 0 Å². The van der Waals surface area contributed by atoms with Crippen LogP contribution in [0.4, 0.5) is 39.5 Å². The van der Waals surface area contributed by atoms with Crippen LogP contribution >= 0.6 is 0 Å². The Morgan fingerprint density at radius 2 is 1.23 bits per heavy atom. The SMILES string of the molecule is CCC(C)(C)O[B]c1cc(F)c(C(F)(F)Oc2cc(F)c(C(F)(F)F)c(F)c2)c(F)c1. The second-order valence-electron chi connectivity index (χ2n) is 7.09. The molecule has 0 saturated carbocycles. The summed E-state index contributed by atoms with van der Waals surface area (Å²) in [5.41, 5.74) is -5.16. The minimum Gasteiger partial charge on any atom is -0.430 e. The van der Waals surface area contributed by atoms with Crippen LogP contribution < -0.4 is 10.2 Å². The Hall–Kier alpha value is -2.37. The Morgan fingerprint density at radius 3 is 1.65 bits per heavy atom. The van der Waals surface area contributed by atoms with E-state index in [0.717, 1.165) is 7.48 Å². The Morgan fingerprint density at radius 1 is 0.774 bits per heavy atom. The van der Waals surface area contributed by atoms with Crippen molar-refractivity contribution < 1.29 is 48.9 Å². The molecule has 0 aliphatic rings. The first-order chi connectivity index (χ1) is 14.1. The maximum Gasteiger partial charge on any atom is 0.432 e. The molecule has 12 heteroatoms. The fourth-order valence-electron chi connectivity index (χ4n) is 2.33. The molecule has 31 heavy (non-hydrogen) atoms. The molecule has 169 valence electrons. The lowest BCUT2D eigenvalue weighted by molar-refractivity contribution is -0.189. The highest BCUT2D eigenvalue weighted by atomic mass is 19.4. The van der Waals surface area contributed by atoms with Gasteiger partial charge in [-0.05, 0) is 37.9 Å². The van der Waals surface area contributed by atoms with Crippen LogP contribution in [0.5, 0.6) is 5.75 Å². The molecule has 0 amide bonds. The van der Waals surface area contributed by atoms with Gasteiger partial charge in [-0.2, -0.15) is 22.0 Å². The van der Waals surface area contributed by atoms with E-state index >= 15 is 0 Å². The molecule has 2 aromatic carbocycles. The average Bonchev–Trinajstić information content (AvgIpc) is 2.56. The van der Waals surface area contributed by atoms with E-state index in [9.17, 15) is 39.5 Å². The smallest absolute Gasteiger partial charge is 0.430 e. The number of rotatable bonds is 7. The topological polar surface area (TPSA) is 18.5 Å². The van der Waals surface area contributed by atoms with Gasteiger partial charge in [0.15, 0.2) is 0 Å². The van der Waals surface area contributed by atoms with Crippen molar-refractivity contribution in [3.8, 4) is 5.75 Å². The van der Waals surface area contributed by atoms with E-state index in [4.69, 9.17) is 4.65 Å². The van der Waals surface area contributed by atoms with Gasteiger partial charge in [0.1, 0.15) is 40.1 Å². The van der Waals surface area contributed by atoms with Gasteiger partial charge in [0.05, 0.1) is 0 Å². The zero-order valence-corrected chi connectivity index (χ0v) is 16.3. The summed E-state index contributed by atoms with van der Waals surface area (Å²) in [6.07, 6.45) is -9.72. The van der Waals surface area contributed by atoms with Crippen molar-refractivity contribution in [3.05, 3.63) is 58.7 Å². The third kappa shape index (κ3) is 5.87. The molecular formula is C19H15BF9O2. The van der Waals surface area contributed by atoms with Crippen molar-refractivity contribution in [2.24, 2.45) is 0 Å². The quantitative estimate of drug-likeness (QED) is 0.385. The van der Waals surface area contributed by atoms with Gasteiger partial charge in [-0.1, -0.05) is 6.92 Å². The zero-order chi connectivity index (χ0) is 23.8. The van der Waals surface area contributed by atoms with Crippen LogP contribution in [0.15, 0.2) is 24.3 Å². The summed E-state index contributed by atoms with van der Waals surface area (Å²) in [5, 5.41) is 0. The molecule has 0 unspecified atom stereocenters. The van der Waals surface area contributed by atoms with E-state index in [2.05, 4.69) is 4.74 Å².